The summed E-state index contributed by atoms with van der Waals surface area (Å²) >= 11 is 0. The topological polar surface area (TPSA) is 51.4 Å². The van der Waals surface area contributed by atoms with Crippen molar-refractivity contribution in [3.63, 3.8) is 0 Å². The molecule has 2 aromatic rings. The fraction of sp³-hybridized carbons (Fsp3) is 0.609. The maximum Gasteiger partial charge on any atom is 0.234 e. The van der Waals surface area contributed by atoms with Gasteiger partial charge in [0.05, 0.1) is 6.54 Å². The largest absolute Gasteiger partial charge is 0.361 e. The smallest absolute Gasteiger partial charge is 0.234 e. The van der Waals surface area contributed by atoms with Crippen LogP contribution in [0, 0.1) is 0 Å². The lowest BCUT2D eigenvalue weighted by Gasteiger charge is -2.34. The molecule has 0 spiro atoms. The lowest BCUT2D eigenvalue weighted by molar-refractivity contribution is -0.123. The predicted molar refractivity (Wildman–Crippen MR) is 112 cm³/mol. The lowest BCUT2D eigenvalue weighted by atomic mass is 9.89. The van der Waals surface area contributed by atoms with Gasteiger partial charge in [-0.05, 0) is 69.2 Å². The maximum absolute atomic E-state index is 12.5. The Hall–Kier alpha value is -1.85. The summed E-state index contributed by atoms with van der Waals surface area (Å²) in [7, 11) is 0. The molecule has 1 aliphatic carbocycles. The van der Waals surface area contributed by atoms with E-state index in [4.69, 9.17) is 0 Å². The molecule has 0 atom stereocenters. The summed E-state index contributed by atoms with van der Waals surface area (Å²) in [6.07, 6.45) is 9.45. The molecule has 1 aromatic heterocycles. The Morgan fingerprint density at radius 3 is 2.50 bits per heavy atom. The van der Waals surface area contributed by atoms with Crippen LogP contribution in [0.15, 0.2) is 30.5 Å². The molecule has 28 heavy (non-hydrogen) atoms. The summed E-state index contributed by atoms with van der Waals surface area (Å²) in [5, 5.41) is 4.65. The lowest BCUT2D eigenvalue weighted by Crippen LogP contribution is -2.48. The number of para-hydroxylation sites is 1. The zero-order chi connectivity index (χ0) is 18.9. The first-order valence-corrected chi connectivity index (χ1v) is 11.1. The van der Waals surface area contributed by atoms with Gasteiger partial charge in [-0.1, -0.05) is 18.2 Å². The molecular formula is C23H32N4O. The standard InChI is InChI=1S/C23H32N4O/c28-23(25-18-9-13-27(14-10-18)19-5-6-19)16-26-11-7-17(8-12-26)21-15-24-22-4-2-1-3-20(21)22/h1-4,15,17-19,24H,5-14,16H2,(H,25,28). The van der Waals surface area contributed by atoms with E-state index in [0.717, 1.165) is 57.9 Å². The highest BCUT2D eigenvalue weighted by molar-refractivity contribution is 5.83. The molecule has 5 rings (SSSR count). The highest BCUT2D eigenvalue weighted by Gasteiger charge is 2.32. The number of hydrogen-bond acceptors (Lipinski definition) is 3. The number of H-pyrrole nitrogens is 1. The van der Waals surface area contributed by atoms with E-state index in [1.807, 2.05) is 0 Å². The molecule has 2 aliphatic heterocycles. The van der Waals surface area contributed by atoms with Gasteiger partial charge < -0.3 is 15.2 Å². The summed E-state index contributed by atoms with van der Waals surface area (Å²) in [5.74, 6) is 0.817. The Bertz CT molecular complexity index is 811. The fourth-order valence-electron chi connectivity index (χ4n) is 5.16. The maximum atomic E-state index is 12.5. The minimum Gasteiger partial charge on any atom is -0.361 e. The van der Waals surface area contributed by atoms with E-state index in [2.05, 4.69) is 50.6 Å². The third-order valence-corrected chi connectivity index (χ3v) is 6.97. The van der Waals surface area contributed by atoms with Gasteiger partial charge >= 0.3 is 0 Å². The van der Waals surface area contributed by atoms with Crippen molar-refractivity contribution < 1.29 is 4.79 Å². The number of benzene rings is 1. The van der Waals surface area contributed by atoms with Crippen LogP contribution in [0.25, 0.3) is 10.9 Å². The zero-order valence-corrected chi connectivity index (χ0v) is 16.7. The Labute approximate surface area is 167 Å². The Morgan fingerprint density at radius 1 is 1.00 bits per heavy atom. The van der Waals surface area contributed by atoms with Gasteiger partial charge in [0.1, 0.15) is 0 Å². The van der Waals surface area contributed by atoms with E-state index in [9.17, 15) is 4.79 Å². The highest BCUT2D eigenvalue weighted by Crippen LogP contribution is 2.33. The quantitative estimate of drug-likeness (QED) is 0.838. The van der Waals surface area contributed by atoms with Crippen molar-refractivity contribution >= 4 is 16.8 Å². The van der Waals surface area contributed by atoms with E-state index in [1.54, 1.807) is 0 Å². The van der Waals surface area contributed by atoms with Crippen LogP contribution in [0.4, 0.5) is 0 Å². The van der Waals surface area contributed by atoms with E-state index >= 15 is 0 Å². The molecule has 1 aromatic carbocycles. The number of likely N-dealkylation sites (tertiary alicyclic amines) is 2. The summed E-state index contributed by atoms with van der Waals surface area (Å²) < 4.78 is 0. The molecule has 0 unspecified atom stereocenters. The van der Waals surface area contributed by atoms with Crippen LogP contribution in [0.3, 0.4) is 0 Å². The number of rotatable bonds is 5. The number of aromatic nitrogens is 1. The number of carbonyl (C=O) groups excluding carboxylic acids is 1. The van der Waals surface area contributed by atoms with Crippen LogP contribution in [-0.4, -0.2) is 65.5 Å². The van der Waals surface area contributed by atoms with E-state index in [1.165, 1.54) is 29.3 Å². The van der Waals surface area contributed by atoms with Gasteiger partial charge in [-0.15, -0.1) is 0 Å². The second-order valence-electron chi connectivity index (χ2n) is 8.95. The van der Waals surface area contributed by atoms with Crippen LogP contribution in [-0.2, 0) is 4.79 Å². The summed E-state index contributed by atoms with van der Waals surface area (Å²) in [5.41, 5.74) is 2.68. The monoisotopic (exact) mass is 380 g/mol. The van der Waals surface area contributed by atoms with Crippen molar-refractivity contribution in [1.29, 1.82) is 0 Å². The second-order valence-corrected chi connectivity index (χ2v) is 8.95. The van der Waals surface area contributed by atoms with Crippen LogP contribution in [0.2, 0.25) is 0 Å². The third kappa shape index (κ3) is 3.96. The molecule has 1 amide bonds. The molecule has 3 aliphatic rings. The summed E-state index contributed by atoms with van der Waals surface area (Å²) in [4.78, 5) is 20.9. The van der Waals surface area contributed by atoms with Crippen LogP contribution < -0.4 is 5.32 Å². The number of amides is 1. The number of carbonyl (C=O) groups is 1. The first-order chi connectivity index (χ1) is 13.8. The average Bonchev–Trinajstić information content (AvgIpc) is 3.48. The van der Waals surface area contributed by atoms with Gasteiger partial charge in [-0.3, -0.25) is 9.69 Å². The van der Waals surface area contributed by atoms with Crippen molar-refractivity contribution in [3.05, 3.63) is 36.0 Å². The van der Waals surface area contributed by atoms with Gasteiger partial charge in [0, 0.05) is 42.3 Å². The third-order valence-electron chi connectivity index (χ3n) is 6.97. The van der Waals surface area contributed by atoms with Crippen molar-refractivity contribution in [3.8, 4) is 0 Å². The molecule has 2 N–H and O–H groups in total. The molecule has 1 saturated carbocycles. The molecule has 2 saturated heterocycles. The van der Waals surface area contributed by atoms with E-state index in [-0.39, 0.29) is 5.91 Å². The first-order valence-electron chi connectivity index (χ1n) is 11.1. The minimum atomic E-state index is 0.218. The number of nitrogens with one attached hydrogen (secondary N) is 2. The predicted octanol–water partition coefficient (Wildman–Crippen LogP) is 3.09. The van der Waals surface area contributed by atoms with Gasteiger partial charge in [-0.2, -0.15) is 0 Å². The van der Waals surface area contributed by atoms with E-state index < -0.39 is 0 Å². The molecule has 3 heterocycles. The number of hydrogen-bond donors (Lipinski definition) is 2. The van der Waals surface area contributed by atoms with Gasteiger partial charge in [0.15, 0.2) is 0 Å². The van der Waals surface area contributed by atoms with Crippen LogP contribution in [0.1, 0.15) is 50.0 Å². The van der Waals surface area contributed by atoms with Gasteiger partial charge in [0.25, 0.3) is 0 Å². The molecule has 0 bridgehead atoms. The number of piperidine rings is 2. The highest BCUT2D eigenvalue weighted by atomic mass is 16.2. The van der Waals surface area contributed by atoms with Gasteiger partial charge in [0.2, 0.25) is 5.91 Å². The Balaban J connectivity index is 1.08. The Kier molecular flexibility index (Phi) is 5.12. The van der Waals surface area contributed by atoms with Gasteiger partial charge in [-0.25, -0.2) is 0 Å². The Morgan fingerprint density at radius 2 is 1.75 bits per heavy atom. The molecule has 150 valence electrons. The average molecular weight is 381 g/mol. The van der Waals surface area contributed by atoms with Crippen molar-refractivity contribution in [2.24, 2.45) is 0 Å². The van der Waals surface area contributed by atoms with E-state index in [0.29, 0.717) is 18.5 Å². The normalized spacial score (nSPS) is 23.3. The summed E-state index contributed by atoms with van der Waals surface area (Å²) in [6.45, 7) is 4.90. The van der Waals surface area contributed by atoms with Crippen LogP contribution >= 0.6 is 0 Å². The van der Waals surface area contributed by atoms with Crippen molar-refractivity contribution in [2.75, 3.05) is 32.7 Å². The molecule has 5 heteroatoms. The number of aromatic amines is 1. The fourth-order valence-corrected chi connectivity index (χ4v) is 5.16. The molecular weight excluding hydrogens is 348 g/mol. The molecule has 0 radical (unpaired) electrons. The number of nitrogens with zero attached hydrogens (tertiary/aromatic N) is 2. The van der Waals surface area contributed by atoms with Crippen molar-refractivity contribution in [1.82, 2.24) is 20.1 Å². The number of fused-ring (bicyclic) bond motifs is 1. The molecule has 5 nitrogen and oxygen atoms in total. The van der Waals surface area contributed by atoms with Crippen LogP contribution in [0.5, 0.6) is 0 Å². The molecule has 3 fully saturated rings. The van der Waals surface area contributed by atoms with Crippen molar-refractivity contribution in [2.45, 2.75) is 56.5 Å². The SMILES string of the molecule is O=C(CN1CCC(c2c[nH]c3ccccc23)CC1)NC1CCN(C2CC2)CC1. The second kappa shape index (κ2) is 7.88. The zero-order valence-electron chi connectivity index (χ0n) is 16.7. The minimum absolute atomic E-state index is 0.218. The first kappa shape index (κ1) is 18.2. The summed E-state index contributed by atoms with van der Waals surface area (Å²) in [6, 6.07) is 9.80.